The number of nitrogens with one attached hydrogen (secondary N) is 2. The summed E-state index contributed by atoms with van der Waals surface area (Å²) in [7, 11) is 0. The molecule has 3 N–H and O–H groups in total. The lowest BCUT2D eigenvalue weighted by molar-refractivity contribution is -0.111. The van der Waals surface area contributed by atoms with Gasteiger partial charge in [0.2, 0.25) is 5.91 Å². The average Bonchev–Trinajstić information content (AvgIpc) is 3.44. The fourth-order valence-corrected chi connectivity index (χ4v) is 2.35. The highest BCUT2D eigenvalue weighted by molar-refractivity contribution is 6.02. The van der Waals surface area contributed by atoms with Crippen molar-refractivity contribution in [2.45, 2.75) is 25.5 Å². The summed E-state index contributed by atoms with van der Waals surface area (Å²) in [4.78, 5) is 23.9. The molecule has 0 spiro atoms. The van der Waals surface area contributed by atoms with Crippen molar-refractivity contribution in [3.05, 3.63) is 71.3 Å². The zero-order valence-electron chi connectivity index (χ0n) is 13.7. The summed E-state index contributed by atoms with van der Waals surface area (Å²) in [6.07, 6.45) is 5.24. The normalized spacial score (nSPS) is 13.6. The first kappa shape index (κ1) is 16.9. The highest BCUT2D eigenvalue weighted by atomic mass is 16.3. The van der Waals surface area contributed by atoms with Gasteiger partial charge in [0.1, 0.15) is 0 Å². The van der Waals surface area contributed by atoms with Gasteiger partial charge in [-0.1, -0.05) is 24.3 Å². The van der Waals surface area contributed by atoms with Gasteiger partial charge in [0.25, 0.3) is 5.91 Å². The zero-order chi connectivity index (χ0) is 17.6. The smallest absolute Gasteiger partial charge is 0.251 e. The van der Waals surface area contributed by atoms with Gasteiger partial charge in [-0.15, -0.1) is 0 Å². The van der Waals surface area contributed by atoms with Crippen molar-refractivity contribution in [2.75, 3.05) is 5.32 Å². The minimum Gasteiger partial charge on any atom is -0.392 e. The van der Waals surface area contributed by atoms with Crippen molar-refractivity contribution < 1.29 is 14.7 Å². The largest absolute Gasteiger partial charge is 0.392 e. The molecule has 3 rings (SSSR count). The van der Waals surface area contributed by atoms with Gasteiger partial charge in [-0.3, -0.25) is 9.59 Å². The van der Waals surface area contributed by atoms with Crippen molar-refractivity contribution in [1.29, 1.82) is 0 Å². The predicted molar refractivity (Wildman–Crippen MR) is 97.0 cm³/mol. The van der Waals surface area contributed by atoms with Crippen LogP contribution in [0.3, 0.4) is 0 Å². The third kappa shape index (κ3) is 5.02. The number of benzene rings is 2. The second kappa shape index (κ2) is 7.77. The Kier molecular flexibility index (Phi) is 5.26. The zero-order valence-corrected chi connectivity index (χ0v) is 13.7. The molecule has 5 heteroatoms. The Bertz CT molecular complexity index is 793. The lowest BCUT2D eigenvalue weighted by Crippen LogP contribution is -2.25. The van der Waals surface area contributed by atoms with E-state index in [0.29, 0.717) is 17.3 Å². The molecule has 0 unspecified atom stereocenters. The molecule has 0 aromatic heterocycles. The number of carbonyl (C=O) groups is 2. The maximum absolute atomic E-state index is 12.0. The predicted octanol–water partition coefficient (Wildman–Crippen LogP) is 2.72. The molecule has 0 heterocycles. The molecule has 1 saturated carbocycles. The van der Waals surface area contributed by atoms with Gasteiger partial charge in [-0.2, -0.15) is 0 Å². The Hall–Kier alpha value is -2.92. The van der Waals surface area contributed by atoms with Crippen LogP contribution in [0.4, 0.5) is 5.69 Å². The summed E-state index contributed by atoms with van der Waals surface area (Å²) in [6.45, 7) is -0.0692. The first-order chi connectivity index (χ1) is 12.1. The lowest BCUT2D eigenvalue weighted by Gasteiger charge is -2.04. The molecule has 128 valence electrons. The van der Waals surface area contributed by atoms with Crippen LogP contribution in [0.25, 0.3) is 6.08 Å². The fraction of sp³-hybridized carbons (Fsp3) is 0.200. The molecule has 0 atom stereocenters. The van der Waals surface area contributed by atoms with E-state index in [1.54, 1.807) is 54.6 Å². The van der Waals surface area contributed by atoms with Gasteiger partial charge in [-0.05, 0) is 54.3 Å². The second-order valence-electron chi connectivity index (χ2n) is 6.05. The second-order valence-corrected chi connectivity index (χ2v) is 6.05. The average molecular weight is 336 g/mol. The van der Waals surface area contributed by atoms with Gasteiger partial charge in [0.15, 0.2) is 0 Å². The van der Waals surface area contributed by atoms with Crippen LogP contribution in [0.15, 0.2) is 54.6 Å². The van der Waals surface area contributed by atoms with Gasteiger partial charge >= 0.3 is 0 Å². The summed E-state index contributed by atoms with van der Waals surface area (Å²) >= 11 is 0. The van der Waals surface area contributed by atoms with E-state index in [4.69, 9.17) is 5.11 Å². The molecule has 25 heavy (non-hydrogen) atoms. The van der Waals surface area contributed by atoms with Crippen molar-refractivity contribution >= 4 is 23.6 Å². The third-order valence-corrected chi connectivity index (χ3v) is 3.89. The maximum Gasteiger partial charge on any atom is 0.251 e. The number of carbonyl (C=O) groups excluding carboxylic acids is 2. The molecule has 1 fully saturated rings. The van der Waals surface area contributed by atoms with Gasteiger partial charge in [0.05, 0.1) is 6.61 Å². The van der Waals surface area contributed by atoms with E-state index in [9.17, 15) is 9.59 Å². The Morgan fingerprint density at radius 1 is 1.12 bits per heavy atom. The molecule has 2 amide bonds. The number of hydrogen-bond acceptors (Lipinski definition) is 3. The minimum atomic E-state index is -0.259. The van der Waals surface area contributed by atoms with Crippen LogP contribution in [-0.4, -0.2) is 23.0 Å². The van der Waals surface area contributed by atoms with E-state index in [0.717, 1.165) is 24.0 Å². The number of anilines is 1. The first-order valence-electron chi connectivity index (χ1n) is 8.24. The van der Waals surface area contributed by atoms with Crippen LogP contribution < -0.4 is 10.6 Å². The molecular weight excluding hydrogens is 316 g/mol. The van der Waals surface area contributed by atoms with Crippen LogP contribution in [0.5, 0.6) is 0 Å². The summed E-state index contributed by atoms with van der Waals surface area (Å²) < 4.78 is 0. The van der Waals surface area contributed by atoms with Crippen molar-refractivity contribution in [2.24, 2.45) is 0 Å². The molecule has 1 aliphatic rings. The van der Waals surface area contributed by atoms with E-state index in [1.165, 1.54) is 6.08 Å². The Labute approximate surface area is 146 Å². The first-order valence-corrected chi connectivity index (χ1v) is 8.24. The third-order valence-electron chi connectivity index (χ3n) is 3.89. The molecule has 0 aliphatic heterocycles. The monoisotopic (exact) mass is 336 g/mol. The van der Waals surface area contributed by atoms with E-state index in [-0.39, 0.29) is 18.4 Å². The number of aliphatic hydroxyl groups excluding tert-OH is 1. The highest BCUT2D eigenvalue weighted by Gasteiger charge is 2.23. The van der Waals surface area contributed by atoms with Gasteiger partial charge in [0, 0.05) is 23.4 Å². The summed E-state index contributed by atoms with van der Waals surface area (Å²) in [5.41, 5.74) is 2.83. The fourth-order valence-electron chi connectivity index (χ4n) is 2.35. The van der Waals surface area contributed by atoms with Crippen molar-refractivity contribution in [1.82, 2.24) is 5.32 Å². The van der Waals surface area contributed by atoms with Crippen LogP contribution in [0.1, 0.15) is 34.3 Å². The van der Waals surface area contributed by atoms with Crippen molar-refractivity contribution in [3.8, 4) is 0 Å². The highest BCUT2D eigenvalue weighted by Crippen LogP contribution is 2.19. The quantitative estimate of drug-likeness (QED) is 0.710. The molecule has 0 bridgehead atoms. The number of rotatable bonds is 6. The summed E-state index contributed by atoms with van der Waals surface area (Å²) in [6, 6.07) is 14.5. The van der Waals surface area contributed by atoms with E-state index >= 15 is 0 Å². The molecule has 0 radical (unpaired) electrons. The molecule has 5 nitrogen and oxygen atoms in total. The molecule has 2 aromatic rings. The van der Waals surface area contributed by atoms with E-state index in [1.807, 2.05) is 0 Å². The van der Waals surface area contributed by atoms with Crippen LogP contribution in [-0.2, 0) is 11.4 Å². The SMILES string of the molecule is O=C(/C=C/c1ccc(C(=O)NC2CC2)cc1)Nc1cccc(CO)c1. The maximum atomic E-state index is 12.0. The Balaban J connectivity index is 1.57. The van der Waals surface area contributed by atoms with Crippen LogP contribution in [0, 0.1) is 0 Å². The standard InChI is InChI=1S/C20H20N2O3/c23-13-15-2-1-3-18(12-15)21-19(24)11-6-14-4-7-16(8-5-14)20(25)22-17-9-10-17/h1-8,11-12,17,23H,9-10,13H2,(H,21,24)(H,22,25)/b11-6+. The Morgan fingerprint density at radius 2 is 1.88 bits per heavy atom. The topological polar surface area (TPSA) is 78.4 Å². The molecule has 2 aromatic carbocycles. The van der Waals surface area contributed by atoms with E-state index < -0.39 is 0 Å². The molecule has 0 saturated heterocycles. The molecule has 1 aliphatic carbocycles. The molecular formula is C20H20N2O3. The van der Waals surface area contributed by atoms with Gasteiger partial charge in [-0.25, -0.2) is 0 Å². The van der Waals surface area contributed by atoms with E-state index in [2.05, 4.69) is 10.6 Å². The van der Waals surface area contributed by atoms with Crippen LogP contribution in [0.2, 0.25) is 0 Å². The number of hydrogen-bond donors (Lipinski definition) is 3. The number of aliphatic hydroxyl groups is 1. The summed E-state index contributed by atoms with van der Waals surface area (Å²) in [5.74, 6) is -0.315. The van der Waals surface area contributed by atoms with Crippen molar-refractivity contribution in [3.63, 3.8) is 0 Å². The summed E-state index contributed by atoms with van der Waals surface area (Å²) in [5, 5.41) is 14.8. The number of amides is 2. The van der Waals surface area contributed by atoms with Gasteiger partial charge < -0.3 is 15.7 Å². The Morgan fingerprint density at radius 3 is 2.56 bits per heavy atom. The minimum absolute atomic E-state index is 0.0560. The lowest BCUT2D eigenvalue weighted by atomic mass is 10.1. The van der Waals surface area contributed by atoms with Crippen LogP contribution >= 0.6 is 0 Å².